The normalized spacial score (nSPS) is 15.2. The van der Waals surface area contributed by atoms with E-state index in [0.29, 0.717) is 18.1 Å². The van der Waals surface area contributed by atoms with E-state index in [2.05, 4.69) is 10.6 Å². The van der Waals surface area contributed by atoms with Gasteiger partial charge in [-0.1, -0.05) is 0 Å². The molecule has 1 saturated heterocycles. The number of rotatable bonds is 4. The quantitative estimate of drug-likeness (QED) is 0.833. The number of amides is 1. The van der Waals surface area contributed by atoms with Gasteiger partial charge in [0, 0.05) is 12.5 Å². The Bertz CT molecular complexity index is 419. The lowest BCUT2D eigenvalue weighted by atomic mass is 9.99. The van der Waals surface area contributed by atoms with Crippen molar-refractivity contribution in [2.24, 2.45) is 5.92 Å². The Morgan fingerprint density at radius 2 is 2.35 bits per heavy atom. The first kappa shape index (κ1) is 11.9. The summed E-state index contributed by atoms with van der Waals surface area (Å²) in [6.45, 7) is 1.71. The second-order valence-corrected chi connectivity index (χ2v) is 4.12. The van der Waals surface area contributed by atoms with Gasteiger partial charge in [0.1, 0.15) is 11.6 Å². The first-order chi connectivity index (χ1) is 8.19. The molecule has 0 atom stereocenters. The molecule has 0 radical (unpaired) electrons. The first-order valence-corrected chi connectivity index (χ1v) is 5.53. The summed E-state index contributed by atoms with van der Waals surface area (Å²) in [5.74, 6) is 0.269. The van der Waals surface area contributed by atoms with Crippen molar-refractivity contribution in [1.29, 1.82) is 0 Å². The summed E-state index contributed by atoms with van der Waals surface area (Å²) in [4.78, 5) is 11.6. The third-order valence-corrected chi connectivity index (χ3v) is 2.79. The van der Waals surface area contributed by atoms with Crippen LogP contribution in [-0.2, 0) is 4.79 Å². The molecule has 0 aliphatic carbocycles. The van der Waals surface area contributed by atoms with Crippen molar-refractivity contribution >= 4 is 11.6 Å². The average Bonchev–Trinajstić information content (AvgIpc) is 2.27. The highest BCUT2D eigenvalue weighted by Gasteiger charge is 2.20. The molecule has 0 aromatic heterocycles. The van der Waals surface area contributed by atoms with Gasteiger partial charge in [0.25, 0.3) is 0 Å². The molecule has 92 valence electrons. The van der Waals surface area contributed by atoms with Crippen LogP contribution in [0.4, 0.5) is 10.1 Å². The summed E-state index contributed by atoms with van der Waals surface area (Å²) in [6.07, 6.45) is 0.420. The van der Waals surface area contributed by atoms with Gasteiger partial charge < -0.3 is 15.4 Å². The Balaban J connectivity index is 1.98. The molecule has 0 saturated carbocycles. The predicted molar refractivity (Wildman–Crippen MR) is 62.6 cm³/mol. The predicted octanol–water partition coefficient (Wildman–Crippen LogP) is 1.38. The van der Waals surface area contributed by atoms with Crippen LogP contribution < -0.4 is 15.4 Å². The lowest BCUT2D eigenvalue weighted by Gasteiger charge is -2.26. The topological polar surface area (TPSA) is 50.4 Å². The number of nitrogens with one attached hydrogen (secondary N) is 2. The van der Waals surface area contributed by atoms with E-state index in [1.54, 1.807) is 0 Å². The molecule has 5 heteroatoms. The SMILES string of the molecule is COc1ccc(F)c(NC(=O)CC2CNC2)c1. The van der Waals surface area contributed by atoms with Crippen molar-refractivity contribution in [3.8, 4) is 5.75 Å². The molecule has 0 spiro atoms. The fourth-order valence-electron chi connectivity index (χ4n) is 1.68. The Kier molecular flexibility index (Phi) is 3.58. The van der Waals surface area contributed by atoms with E-state index in [1.807, 2.05) is 0 Å². The number of hydrogen-bond donors (Lipinski definition) is 2. The van der Waals surface area contributed by atoms with E-state index in [1.165, 1.54) is 25.3 Å². The molecular weight excluding hydrogens is 223 g/mol. The molecule has 1 aliphatic rings. The summed E-state index contributed by atoms with van der Waals surface area (Å²) in [6, 6.07) is 4.27. The van der Waals surface area contributed by atoms with Gasteiger partial charge in [-0.25, -0.2) is 4.39 Å². The van der Waals surface area contributed by atoms with Gasteiger partial charge in [-0.3, -0.25) is 4.79 Å². The minimum atomic E-state index is -0.453. The van der Waals surface area contributed by atoms with Crippen molar-refractivity contribution in [2.45, 2.75) is 6.42 Å². The number of ether oxygens (including phenoxy) is 1. The van der Waals surface area contributed by atoms with Crippen molar-refractivity contribution in [3.63, 3.8) is 0 Å². The van der Waals surface area contributed by atoms with Crippen molar-refractivity contribution in [1.82, 2.24) is 5.32 Å². The van der Waals surface area contributed by atoms with Gasteiger partial charge in [0.2, 0.25) is 5.91 Å². The molecular formula is C12H15FN2O2. The van der Waals surface area contributed by atoms with Crippen LogP contribution in [0.1, 0.15) is 6.42 Å². The summed E-state index contributed by atoms with van der Waals surface area (Å²) in [5.41, 5.74) is 0.168. The van der Waals surface area contributed by atoms with E-state index in [0.717, 1.165) is 13.1 Å². The molecule has 1 aromatic carbocycles. The molecule has 17 heavy (non-hydrogen) atoms. The van der Waals surface area contributed by atoms with E-state index < -0.39 is 5.82 Å². The Morgan fingerprint density at radius 1 is 1.59 bits per heavy atom. The zero-order chi connectivity index (χ0) is 12.3. The van der Waals surface area contributed by atoms with Gasteiger partial charge in [-0.05, 0) is 31.1 Å². The van der Waals surface area contributed by atoms with Gasteiger partial charge >= 0.3 is 0 Å². The fraction of sp³-hybridized carbons (Fsp3) is 0.417. The minimum absolute atomic E-state index is 0.163. The third kappa shape index (κ3) is 2.94. The summed E-state index contributed by atoms with van der Waals surface area (Å²) >= 11 is 0. The van der Waals surface area contributed by atoms with Crippen molar-refractivity contribution in [2.75, 3.05) is 25.5 Å². The highest BCUT2D eigenvalue weighted by Crippen LogP contribution is 2.21. The number of carbonyl (C=O) groups is 1. The number of halogens is 1. The van der Waals surface area contributed by atoms with Crippen molar-refractivity contribution in [3.05, 3.63) is 24.0 Å². The highest BCUT2D eigenvalue weighted by molar-refractivity contribution is 5.91. The summed E-state index contributed by atoms with van der Waals surface area (Å²) in [5, 5.41) is 5.65. The maximum Gasteiger partial charge on any atom is 0.224 e. The molecule has 2 N–H and O–H groups in total. The van der Waals surface area contributed by atoms with Crippen LogP contribution in [0.2, 0.25) is 0 Å². The molecule has 0 bridgehead atoms. The zero-order valence-corrected chi connectivity index (χ0v) is 9.63. The van der Waals surface area contributed by atoms with E-state index >= 15 is 0 Å². The highest BCUT2D eigenvalue weighted by atomic mass is 19.1. The van der Waals surface area contributed by atoms with Crippen LogP contribution in [-0.4, -0.2) is 26.1 Å². The van der Waals surface area contributed by atoms with Crippen LogP contribution in [0, 0.1) is 11.7 Å². The maximum absolute atomic E-state index is 13.4. The van der Waals surface area contributed by atoms with Gasteiger partial charge in [-0.2, -0.15) is 0 Å². The van der Waals surface area contributed by atoms with Crippen LogP contribution in [0.15, 0.2) is 18.2 Å². The fourth-order valence-corrected chi connectivity index (χ4v) is 1.68. The standard InChI is InChI=1S/C12H15FN2O2/c1-17-9-2-3-10(13)11(5-9)15-12(16)4-8-6-14-7-8/h2-3,5,8,14H,4,6-7H2,1H3,(H,15,16). The monoisotopic (exact) mass is 238 g/mol. The molecule has 1 fully saturated rings. The lowest BCUT2D eigenvalue weighted by Crippen LogP contribution is -2.43. The number of carbonyl (C=O) groups excluding carboxylic acids is 1. The Morgan fingerprint density at radius 3 is 2.94 bits per heavy atom. The van der Waals surface area contributed by atoms with E-state index in [4.69, 9.17) is 4.74 Å². The second-order valence-electron chi connectivity index (χ2n) is 4.12. The Labute approximate surface area is 99.2 Å². The largest absolute Gasteiger partial charge is 0.497 e. The smallest absolute Gasteiger partial charge is 0.224 e. The molecule has 1 amide bonds. The zero-order valence-electron chi connectivity index (χ0n) is 9.63. The molecule has 1 aliphatic heterocycles. The van der Waals surface area contributed by atoms with Gasteiger partial charge in [-0.15, -0.1) is 0 Å². The molecule has 4 nitrogen and oxygen atoms in total. The van der Waals surface area contributed by atoms with Crippen molar-refractivity contribution < 1.29 is 13.9 Å². The van der Waals surface area contributed by atoms with E-state index in [9.17, 15) is 9.18 Å². The third-order valence-electron chi connectivity index (χ3n) is 2.79. The van der Waals surface area contributed by atoms with Gasteiger partial charge in [0.05, 0.1) is 12.8 Å². The number of benzene rings is 1. The average molecular weight is 238 g/mol. The molecule has 1 aromatic rings. The van der Waals surface area contributed by atoms with Crippen LogP contribution in [0.25, 0.3) is 0 Å². The molecule has 2 rings (SSSR count). The number of anilines is 1. The second kappa shape index (κ2) is 5.14. The first-order valence-electron chi connectivity index (χ1n) is 5.53. The van der Waals surface area contributed by atoms with Crippen LogP contribution in [0.5, 0.6) is 5.75 Å². The number of hydrogen-bond acceptors (Lipinski definition) is 3. The molecule has 1 heterocycles. The Hall–Kier alpha value is -1.62. The lowest BCUT2D eigenvalue weighted by molar-refractivity contribution is -0.117. The van der Waals surface area contributed by atoms with Gasteiger partial charge in [0.15, 0.2) is 0 Å². The minimum Gasteiger partial charge on any atom is -0.497 e. The summed E-state index contributed by atoms with van der Waals surface area (Å²) in [7, 11) is 1.50. The van der Waals surface area contributed by atoms with Crippen LogP contribution >= 0.6 is 0 Å². The molecule has 0 unspecified atom stereocenters. The maximum atomic E-state index is 13.4. The van der Waals surface area contributed by atoms with E-state index in [-0.39, 0.29) is 11.6 Å². The summed E-state index contributed by atoms with van der Waals surface area (Å²) < 4.78 is 18.4. The number of methoxy groups -OCH3 is 1. The van der Waals surface area contributed by atoms with Crippen LogP contribution in [0.3, 0.4) is 0 Å².